The molecule has 2 aliphatic rings. The minimum atomic E-state index is 0.321. The van der Waals surface area contributed by atoms with Crippen LogP contribution in [0.3, 0.4) is 0 Å². The number of hydrogen-bond acceptors (Lipinski definition) is 2. The van der Waals surface area contributed by atoms with Crippen molar-refractivity contribution in [2.45, 2.75) is 53.2 Å². The molecule has 1 aromatic carbocycles. The zero-order chi connectivity index (χ0) is 14.7. The molecule has 1 aromatic rings. The lowest BCUT2D eigenvalue weighted by Gasteiger charge is -2.20. The number of benzene rings is 1. The van der Waals surface area contributed by atoms with Crippen molar-refractivity contribution in [3.8, 4) is 5.75 Å². The summed E-state index contributed by atoms with van der Waals surface area (Å²) in [6.45, 7) is 11.7. The van der Waals surface area contributed by atoms with E-state index in [0.29, 0.717) is 28.9 Å². The van der Waals surface area contributed by atoms with Crippen molar-refractivity contribution < 1.29 is 4.74 Å². The third-order valence-electron chi connectivity index (χ3n) is 6.06. The summed E-state index contributed by atoms with van der Waals surface area (Å²) < 4.78 is 5.81. The first kappa shape index (κ1) is 13.9. The van der Waals surface area contributed by atoms with Crippen LogP contribution in [0.25, 0.3) is 0 Å². The van der Waals surface area contributed by atoms with Gasteiger partial charge >= 0.3 is 0 Å². The van der Waals surface area contributed by atoms with Crippen LogP contribution >= 0.6 is 0 Å². The average molecular weight is 273 g/mol. The molecule has 2 heteroatoms. The van der Waals surface area contributed by atoms with Gasteiger partial charge in [-0.05, 0) is 47.9 Å². The fourth-order valence-electron chi connectivity index (χ4n) is 4.24. The van der Waals surface area contributed by atoms with Crippen LogP contribution in [0.15, 0.2) is 18.2 Å². The van der Waals surface area contributed by atoms with Gasteiger partial charge in [0.15, 0.2) is 0 Å². The third-order valence-corrected chi connectivity index (χ3v) is 6.06. The van der Waals surface area contributed by atoms with Gasteiger partial charge in [-0.1, -0.05) is 39.8 Å². The molecule has 0 aromatic heterocycles. The smallest absolute Gasteiger partial charge is 0.123 e. The molecule has 2 atom stereocenters. The van der Waals surface area contributed by atoms with Crippen LogP contribution in [0.4, 0.5) is 0 Å². The Morgan fingerprint density at radius 1 is 1.20 bits per heavy atom. The lowest BCUT2D eigenvalue weighted by Crippen LogP contribution is -2.21. The maximum absolute atomic E-state index is 5.81. The van der Waals surface area contributed by atoms with E-state index >= 15 is 0 Å². The maximum atomic E-state index is 5.81. The molecular formula is C18H27NO. The van der Waals surface area contributed by atoms with Crippen molar-refractivity contribution in [2.24, 2.45) is 16.7 Å². The Bertz CT molecular complexity index is 518. The first-order valence-corrected chi connectivity index (χ1v) is 7.76. The fourth-order valence-corrected chi connectivity index (χ4v) is 4.24. The highest BCUT2D eigenvalue weighted by molar-refractivity contribution is 5.42. The SMILES string of the molecule is CNC(c1ccc2c(c1)CC(C)O2)C1C(C)(C)C1(C)C. The van der Waals surface area contributed by atoms with E-state index in [9.17, 15) is 0 Å². The second-order valence-electron chi connectivity index (χ2n) is 7.69. The van der Waals surface area contributed by atoms with Crippen LogP contribution in [-0.4, -0.2) is 13.2 Å². The van der Waals surface area contributed by atoms with Crippen molar-refractivity contribution in [1.29, 1.82) is 0 Å². The van der Waals surface area contributed by atoms with Gasteiger partial charge in [-0.15, -0.1) is 0 Å². The Balaban J connectivity index is 1.91. The summed E-state index contributed by atoms with van der Waals surface area (Å²) in [6, 6.07) is 7.18. The molecule has 2 unspecified atom stereocenters. The molecule has 1 aliphatic heterocycles. The molecule has 1 aliphatic carbocycles. The molecule has 3 rings (SSSR count). The third kappa shape index (κ3) is 1.81. The molecule has 0 radical (unpaired) electrons. The zero-order valence-corrected chi connectivity index (χ0v) is 13.6. The molecule has 1 fully saturated rings. The second kappa shape index (κ2) is 4.24. The van der Waals surface area contributed by atoms with Gasteiger partial charge < -0.3 is 10.1 Å². The molecule has 20 heavy (non-hydrogen) atoms. The first-order chi connectivity index (χ1) is 9.29. The molecule has 1 saturated carbocycles. The molecule has 1 N–H and O–H groups in total. The summed E-state index contributed by atoms with van der Waals surface area (Å²) in [4.78, 5) is 0. The van der Waals surface area contributed by atoms with E-state index in [2.05, 4.69) is 65.2 Å². The van der Waals surface area contributed by atoms with Crippen molar-refractivity contribution in [2.75, 3.05) is 7.05 Å². The maximum Gasteiger partial charge on any atom is 0.123 e. The van der Waals surface area contributed by atoms with E-state index < -0.39 is 0 Å². The average Bonchev–Trinajstić information content (AvgIpc) is 2.68. The van der Waals surface area contributed by atoms with Gasteiger partial charge in [0.2, 0.25) is 0 Å². The van der Waals surface area contributed by atoms with E-state index in [1.807, 2.05) is 0 Å². The summed E-state index contributed by atoms with van der Waals surface area (Å²) in [5, 5.41) is 3.55. The van der Waals surface area contributed by atoms with Crippen LogP contribution in [0.5, 0.6) is 5.75 Å². The fraction of sp³-hybridized carbons (Fsp3) is 0.667. The van der Waals surface area contributed by atoms with Crippen molar-refractivity contribution in [3.05, 3.63) is 29.3 Å². The molecule has 1 heterocycles. The normalized spacial score (nSPS) is 27.8. The highest BCUT2D eigenvalue weighted by atomic mass is 16.5. The van der Waals surface area contributed by atoms with E-state index in [1.54, 1.807) is 0 Å². The van der Waals surface area contributed by atoms with Gasteiger partial charge in [0.1, 0.15) is 11.9 Å². The van der Waals surface area contributed by atoms with Crippen LogP contribution in [0, 0.1) is 16.7 Å². The number of ether oxygens (including phenoxy) is 1. The van der Waals surface area contributed by atoms with E-state index in [1.165, 1.54) is 11.1 Å². The van der Waals surface area contributed by atoms with Crippen LogP contribution in [0.2, 0.25) is 0 Å². The molecule has 0 bridgehead atoms. The molecule has 110 valence electrons. The van der Waals surface area contributed by atoms with Crippen LogP contribution in [-0.2, 0) is 6.42 Å². The quantitative estimate of drug-likeness (QED) is 0.900. The Morgan fingerprint density at radius 2 is 1.85 bits per heavy atom. The predicted octanol–water partition coefficient (Wildman–Crippen LogP) is 3.95. The minimum absolute atomic E-state index is 0.321. The molecule has 2 nitrogen and oxygen atoms in total. The molecule has 0 spiro atoms. The van der Waals surface area contributed by atoms with Gasteiger partial charge in [-0.3, -0.25) is 0 Å². The summed E-state index contributed by atoms with van der Waals surface area (Å²) in [5.74, 6) is 1.75. The zero-order valence-electron chi connectivity index (χ0n) is 13.6. The van der Waals surface area contributed by atoms with E-state index in [0.717, 1.165) is 12.2 Å². The number of hydrogen-bond donors (Lipinski definition) is 1. The number of nitrogens with one attached hydrogen (secondary N) is 1. The number of rotatable bonds is 3. The Hall–Kier alpha value is -1.02. The molecule has 0 amide bonds. The van der Waals surface area contributed by atoms with Gasteiger partial charge in [-0.2, -0.15) is 0 Å². The van der Waals surface area contributed by atoms with Gasteiger partial charge in [-0.25, -0.2) is 0 Å². The van der Waals surface area contributed by atoms with E-state index in [4.69, 9.17) is 4.74 Å². The second-order valence-corrected chi connectivity index (χ2v) is 7.69. The molecular weight excluding hydrogens is 246 g/mol. The van der Waals surface area contributed by atoms with E-state index in [-0.39, 0.29) is 0 Å². The topological polar surface area (TPSA) is 21.3 Å². The minimum Gasteiger partial charge on any atom is -0.490 e. The standard InChI is InChI=1S/C18H27NO/c1-11-9-13-10-12(7-8-14(13)20-11)15(19-6)16-17(2,3)18(16,4)5/h7-8,10-11,15-16,19H,9H2,1-6H3. The summed E-state index contributed by atoms with van der Waals surface area (Å²) in [5.41, 5.74) is 3.56. The van der Waals surface area contributed by atoms with Gasteiger partial charge in [0.05, 0.1) is 0 Å². The summed E-state index contributed by atoms with van der Waals surface area (Å²) in [6.07, 6.45) is 1.36. The van der Waals surface area contributed by atoms with Crippen LogP contribution < -0.4 is 10.1 Å². The van der Waals surface area contributed by atoms with Crippen LogP contribution in [0.1, 0.15) is 51.8 Å². The largest absolute Gasteiger partial charge is 0.490 e. The summed E-state index contributed by atoms with van der Waals surface area (Å²) >= 11 is 0. The first-order valence-electron chi connectivity index (χ1n) is 7.76. The highest BCUT2D eigenvalue weighted by Crippen LogP contribution is 2.72. The van der Waals surface area contributed by atoms with Gasteiger partial charge in [0, 0.05) is 12.5 Å². The van der Waals surface area contributed by atoms with Crippen molar-refractivity contribution in [1.82, 2.24) is 5.32 Å². The highest BCUT2D eigenvalue weighted by Gasteiger charge is 2.67. The lowest BCUT2D eigenvalue weighted by molar-refractivity contribution is 0.254. The monoisotopic (exact) mass is 273 g/mol. The predicted molar refractivity (Wildman–Crippen MR) is 83.1 cm³/mol. The Morgan fingerprint density at radius 3 is 2.40 bits per heavy atom. The van der Waals surface area contributed by atoms with Gasteiger partial charge in [0.25, 0.3) is 0 Å². The molecule has 0 saturated heterocycles. The summed E-state index contributed by atoms with van der Waals surface area (Å²) in [7, 11) is 2.08. The Kier molecular flexibility index (Phi) is 2.95. The number of fused-ring (bicyclic) bond motifs is 1. The van der Waals surface area contributed by atoms with Crippen molar-refractivity contribution in [3.63, 3.8) is 0 Å². The Labute approximate surface area is 122 Å². The lowest BCUT2D eigenvalue weighted by atomic mass is 9.94. The van der Waals surface area contributed by atoms with Crippen molar-refractivity contribution >= 4 is 0 Å².